The van der Waals surface area contributed by atoms with Crippen molar-refractivity contribution in [2.75, 3.05) is 16.8 Å². The molecule has 4 heteroatoms. The number of nitrogens with zero attached hydrogens (tertiary/aromatic N) is 1. The lowest BCUT2D eigenvalue weighted by Crippen LogP contribution is -2.45. The van der Waals surface area contributed by atoms with Crippen molar-refractivity contribution in [3.8, 4) is 0 Å². The predicted molar refractivity (Wildman–Crippen MR) is 64.6 cm³/mol. The lowest BCUT2D eigenvalue weighted by atomic mass is 10.0. The largest absolute Gasteiger partial charge is 0.378 e. The van der Waals surface area contributed by atoms with Crippen molar-refractivity contribution in [1.82, 2.24) is 0 Å². The fourth-order valence-electron chi connectivity index (χ4n) is 1.82. The zero-order valence-electron chi connectivity index (χ0n) is 9.28. The standard InChI is InChI=1S/C11H16N2OS/c1-7(2)9-4-13(8(3)14)11-6-15-5-10(11)12-9/h5-7,9,12H,4H2,1-3H3. The van der Waals surface area contributed by atoms with E-state index in [2.05, 4.69) is 24.5 Å². The van der Waals surface area contributed by atoms with Gasteiger partial charge in [0.2, 0.25) is 5.91 Å². The van der Waals surface area contributed by atoms with Gasteiger partial charge in [-0.1, -0.05) is 13.8 Å². The number of nitrogens with one attached hydrogen (secondary N) is 1. The maximum absolute atomic E-state index is 11.5. The van der Waals surface area contributed by atoms with E-state index in [9.17, 15) is 4.79 Å². The average molecular weight is 224 g/mol. The predicted octanol–water partition coefficient (Wildman–Crippen LogP) is 2.55. The van der Waals surface area contributed by atoms with E-state index >= 15 is 0 Å². The summed E-state index contributed by atoms with van der Waals surface area (Å²) >= 11 is 1.63. The lowest BCUT2D eigenvalue weighted by molar-refractivity contribution is -0.116. The van der Waals surface area contributed by atoms with Gasteiger partial charge in [0.25, 0.3) is 0 Å². The maximum atomic E-state index is 11.5. The van der Waals surface area contributed by atoms with Crippen molar-refractivity contribution < 1.29 is 4.79 Å². The van der Waals surface area contributed by atoms with Gasteiger partial charge in [0.05, 0.1) is 11.4 Å². The van der Waals surface area contributed by atoms with E-state index in [1.54, 1.807) is 18.3 Å². The van der Waals surface area contributed by atoms with Gasteiger partial charge >= 0.3 is 0 Å². The van der Waals surface area contributed by atoms with Crippen LogP contribution in [0.25, 0.3) is 0 Å². The molecule has 1 aromatic rings. The highest BCUT2D eigenvalue weighted by molar-refractivity contribution is 7.09. The molecule has 15 heavy (non-hydrogen) atoms. The fraction of sp³-hybridized carbons (Fsp3) is 0.545. The van der Waals surface area contributed by atoms with E-state index in [1.807, 2.05) is 10.3 Å². The number of carbonyl (C=O) groups excluding carboxylic acids is 1. The van der Waals surface area contributed by atoms with Gasteiger partial charge < -0.3 is 10.2 Å². The van der Waals surface area contributed by atoms with Gasteiger partial charge in [0, 0.05) is 30.3 Å². The van der Waals surface area contributed by atoms with Crippen molar-refractivity contribution in [3.05, 3.63) is 10.8 Å². The van der Waals surface area contributed by atoms with Crippen molar-refractivity contribution in [2.45, 2.75) is 26.8 Å². The van der Waals surface area contributed by atoms with Gasteiger partial charge in [-0.2, -0.15) is 0 Å². The zero-order chi connectivity index (χ0) is 11.0. The number of fused-ring (bicyclic) bond motifs is 1. The normalized spacial score (nSPS) is 20.0. The fourth-order valence-corrected chi connectivity index (χ4v) is 2.60. The molecule has 0 aromatic carbocycles. The summed E-state index contributed by atoms with van der Waals surface area (Å²) in [5, 5.41) is 7.58. The van der Waals surface area contributed by atoms with E-state index in [1.165, 1.54) is 0 Å². The van der Waals surface area contributed by atoms with Crippen LogP contribution in [0.4, 0.5) is 11.4 Å². The van der Waals surface area contributed by atoms with Gasteiger partial charge in [-0.3, -0.25) is 4.79 Å². The van der Waals surface area contributed by atoms with E-state index in [-0.39, 0.29) is 5.91 Å². The second-order valence-corrected chi connectivity index (χ2v) is 5.04. The number of hydrogen-bond acceptors (Lipinski definition) is 3. The molecule has 1 amide bonds. The molecule has 0 aliphatic carbocycles. The summed E-state index contributed by atoms with van der Waals surface area (Å²) < 4.78 is 0. The average Bonchev–Trinajstić information content (AvgIpc) is 2.62. The molecule has 2 rings (SSSR count). The SMILES string of the molecule is CC(=O)N1CC(C(C)C)Nc2cscc21. The molecule has 0 radical (unpaired) electrons. The van der Waals surface area contributed by atoms with E-state index in [4.69, 9.17) is 0 Å². The third-order valence-corrected chi connectivity index (χ3v) is 3.57. The highest BCUT2D eigenvalue weighted by Crippen LogP contribution is 2.35. The highest BCUT2D eigenvalue weighted by atomic mass is 32.1. The van der Waals surface area contributed by atoms with Gasteiger partial charge in [-0.05, 0) is 5.92 Å². The van der Waals surface area contributed by atoms with E-state index < -0.39 is 0 Å². The Labute approximate surface area is 94.1 Å². The summed E-state index contributed by atoms with van der Waals surface area (Å²) in [7, 11) is 0. The number of thiophene rings is 1. The molecule has 1 atom stereocenters. The first-order valence-electron chi connectivity index (χ1n) is 5.20. The number of anilines is 2. The van der Waals surface area contributed by atoms with Crippen LogP contribution in [0.2, 0.25) is 0 Å². The first-order chi connectivity index (χ1) is 7.09. The Morgan fingerprint density at radius 1 is 1.60 bits per heavy atom. The minimum Gasteiger partial charge on any atom is -0.378 e. The molecular formula is C11H16N2OS. The van der Waals surface area contributed by atoms with Crippen molar-refractivity contribution in [1.29, 1.82) is 0 Å². The van der Waals surface area contributed by atoms with Gasteiger partial charge in [-0.25, -0.2) is 0 Å². The van der Waals surface area contributed by atoms with Crippen LogP contribution in [-0.2, 0) is 4.79 Å². The molecule has 0 spiro atoms. The summed E-state index contributed by atoms with van der Waals surface area (Å²) in [4.78, 5) is 13.4. The smallest absolute Gasteiger partial charge is 0.224 e. The van der Waals surface area contributed by atoms with Crippen LogP contribution in [0.5, 0.6) is 0 Å². The van der Waals surface area contributed by atoms with Gasteiger partial charge in [-0.15, -0.1) is 11.3 Å². The van der Waals surface area contributed by atoms with Crippen LogP contribution < -0.4 is 10.2 Å². The Hall–Kier alpha value is -1.03. The molecule has 0 bridgehead atoms. The number of rotatable bonds is 1. The Balaban J connectivity index is 2.31. The first kappa shape index (κ1) is 10.5. The lowest BCUT2D eigenvalue weighted by Gasteiger charge is -2.35. The molecular weight excluding hydrogens is 208 g/mol. The van der Waals surface area contributed by atoms with Crippen LogP contribution >= 0.6 is 11.3 Å². The zero-order valence-corrected chi connectivity index (χ0v) is 10.1. The molecule has 1 unspecified atom stereocenters. The van der Waals surface area contributed by atoms with Crippen LogP contribution in [0, 0.1) is 5.92 Å². The number of carbonyl (C=O) groups is 1. The summed E-state index contributed by atoms with van der Waals surface area (Å²) in [5.74, 6) is 0.654. The first-order valence-corrected chi connectivity index (χ1v) is 6.14. The van der Waals surface area contributed by atoms with Gasteiger partial charge in [0.1, 0.15) is 0 Å². The van der Waals surface area contributed by atoms with Crippen LogP contribution in [0.3, 0.4) is 0 Å². The minimum atomic E-state index is 0.127. The minimum absolute atomic E-state index is 0.127. The van der Waals surface area contributed by atoms with Crippen molar-refractivity contribution in [2.24, 2.45) is 5.92 Å². The van der Waals surface area contributed by atoms with Crippen molar-refractivity contribution >= 4 is 28.6 Å². The summed E-state index contributed by atoms with van der Waals surface area (Å²) in [6, 6.07) is 0.357. The molecule has 0 saturated heterocycles. The quantitative estimate of drug-likeness (QED) is 0.795. The molecule has 0 fully saturated rings. The highest BCUT2D eigenvalue weighted by Gasteiger charge is 2.28. The van der Waals surface area contributed by atoms with Crippen LogP contribution in [-0.4, -0.2) is 18.5 Å². The van der Waals surface area contributed by atoms with Crippen LogP contribution in [0.15, 0.2) is 10.8 Å². The molecule has 82 valence electrons. The summed E-state index contributed by atoms with van der Waals surface area (Å²) in [5.41, 5.74) is 2.13. The molecule has 2 heterocycles. The molecule has 1 aliphatic heterocycles. The van der Waals surface area contributed by atoms with Crippen LogP contribution in [0.1, 0.15) is 20.8 Å². The Morgan fingerprint density at radius 2 is 2.33 bits per heavy atom. The van der Waals surface area contributed by atoms with E-state index in [0.29, 0.717) is 12.0 Å². The molecule has 3 nitrogen and oxygen atoms in total. The van der Waals surface area contributed by atoms with Gasteiger partial charge in [0.15, 0.2) is 0 Å². The Morgan fingerprint density at radius 3 is 2.93 bits per heavy atom. The van der Waals surface area contributed by atoms with E-state index in [0.717, 1.165) is 17.9 Å². The second kappa shape index (κ2) is 3.85. The molecule has 1 aliphatic rings. The Kier molecular flexibility index (Phi) is 2.69. The number of amides is 1. The monoisotopic (exact) mass is 224 g/mol. The third kappa shape index (κ3) is 1.86. The molecule has 0 saturated carbocycles. The molecule has 1 aromatic heterocycles. The topological polar surface area (TPSA) is 32.3 Å². The summed E-state index contributed by atoms with van der Waals surface area (Å²) in [6.07, 6.45) is 0. The molecule has 1 N–H and O–H groups in total. The number of hydrogen-bond donors (Lipinski definition) is 1. The maximum Gasteiger partial charge on any atom is 0.224 e. The Bertz CT molecular complexity index is 372. The van der Waals surface area contributed by atoms with Crippen molar-refractivity contribution in [3.63, 3.8) is 0 Å². The second-order valence-electron chi connectivity index (χ2n) is 4.30. The summed E-state index contributed by atoms with van der Waals surface area (Å²) in [6.45, 7) is 6.75. The third-order valence-electron chi connectivity index (χ3n) is 2.84.